The average Bonchev–Trinajstić information content (AvgIpc) is 1.95. The van der Waals surface area contributed by atoms with Crippen molar-refractivity contribution in [2.75, 3.05) is 0 Å². The standard InChI is InChI=1S/C13H26N2O2/c1-9(2)14-10(16)11(17)15-13(6,7)8-12(3,4)5/h9H,8H2,1-7H3,(H,14,16)(H,15,17). The molecule has 100 valence electrons. The molecule has 0 rings (SSSR count). The van der Waals surface area contributed by atoms with Crippen molar-refractivity contribution in [2.45, 2.75) is 66.5 Å². The molecule has 0 heterocycles. The lowest BCUT2D eigenvalue weighted by atomic mass is 9.82. The first-order chi connectivity index (χ1) is 7.43. The van der Waals surface area contributed by atoms with Crippen molar-refractivity contribution in [3.63, 3.8) is 0 Å². The molecule has 0 saturated heterocycles. The number of hydrogen-bond donors (Lipinski definition) is 2. The molecule has 2 N–H and O–H groups in total. The van der Waals surface area contributed by atoms with E-state index in [2.05, 4.69) is 31.4 Å². The fourth-order valence-corrected chi connectivity index (χ4v) is 2.06. The quantitative estimate of drug-likeness (QED) is 0.742. The van der Waals surface area contributed by atoms with E-state index in [0.717, 1.165) is 6.42 Å². The molecular formula is C13H26N2O2. The summed E-state index contributed by atoms with van der Waals surface area (Å²) in [6.07, 6.45) is 0.806. The number of amides is 2. The van der Waals surface area contributed by atoms with Crippen LogP contribution < -0.4 is 10.6 Å². The molecule has 0 radical (unpaired) electrons. The Kier molecular flexibility index (Phi) is 5.17. The lowest BCUT2D eigenvalue weighted by Gasteiger charge is -2.33. The van der Waals surface area contributed by atoms with Gasteiger partial charge in [0, 0.05) is 11.6 Å². The summed E-state index contributed by atoms with van der Waals surface area (Å²) >= 11 is 0. The Balaban J connectivity index is 4.41. The van der Waals surface area contributed by atoms with Gasteiger partial charge < -0.3 is 10.6 Å². The Labute approximate surface area is 105 Å². The minimum atomic E-state index is -0.568. The van der Waals surface area contributed by atoms with E-state index >= 15 is 0 Å². The van der Waals surface area contributed by atoms with Crippen LogP contribution >= 0.6 is 0 Å². The van der Waals surface area contributed by atoms with Crippen molar-refractivity contribution >= 4 is 11.8 Å². The van der Waals surface area contributed by atoms with Crippen LogP contribution in [0.5, 0.6) is 0 Å². The van der Waals surface area contributed by atoms with E-state index in [1.807, 2.05) is 27.7 Å². The van der Waals surface area contributed by atoms with Crippen molar-refractivity contribution in [1.29, 1.82) is 0 Å². The summed E-state index contributed by atoms with van der Waals surface area (Å²) in [6, 6.07) is -0.0287. The van der Waals surface area contributed by atoms with Crippen molar-refractivity contribution in [3.8, 4) is 0 Å². The summed E-state index contributed by atoms with van der Waals surface area (Å²) in [5.74, 6) is -1.13. The van der Waals surface area contributed by atoms with E-state index < -0.39 is 11.8 Å². The van der Waals surface area contributed by atoms with Crippen LogP contribution in [0.1, 0.15) is 54.9 Å². The van der Waals surface area contributed by atoms with Gasteiger partial charge in [0.2, 0.25) is 0 Å². The third-order valence-corrected chi connectivity index (χ3v) is 2.05. The monoisotopic (exact) mass is 242 g/mol. The van der Waals surface area contributed by atoms with Crippen LogP contribution in [0.15, 0.2) is 0 Å². The second kappa shape index (κ2) is 5.52. The molecular weight excluding hydrogens is 216 g/mol. The molecule has 0 saturated carbocycles. The van der Waals surface area contributed by atoms with Gasteiger partial charge in [-0.25, -0.2) is 0 Å². The first-order valence-electron chi connectivity index (χ1n) is 6.06. The number of carbonyl (C=O) groups is 2. The fraction of sp³-hybridized carbons (Fsp3) is 0.846. The zero-order valence-electron chi connectivity index (χ0n) is 12.1. The van der Waals surface area contributed by atoms with Gasteiger partial charge in [0.15, 0.2) is 0 Å². The van der Waals surface area contributed by atoms with Crippen LogP contribution in [0.25, 0.3) is 0 Å². The van der Waals surface area contributed by atoms with E-state index in [0.29, 0.717) is 0 Å². The van der Waals surface area contributed by atoms with Gasteiger partial charge in [0.1, 0.15) is 0 Å². The number of nitrogens with one attached hydrogen (secondary N) is 2. The molecule has 0 aromatic carbocycles. The third-order valence-electron chi connectivity index (χ3n) is 2.05. The first kappa shape index (κ1) is 15.9. The Morgan fingerprint density at radius 3 is 1.82 bits per heavy atom. The summed E-state index contributed by atoms with van der Waals surface area (Å²) < 4.78 is 0. The number of rotatable bonds is 3. The number of hydrogen-bond acceptors (Lipinski definition) is 2. The second-order valence-corrected chi connectivity index (χ2v) is 6.70. The molecule has 0 spiro atoms. The van der Waals surface area contributed by atoms with Crippen LogP contribution in [-0.2, 0) is 9.59 Å². The van der Waals surface area contributed by atoms with Crippen LogP contribution in [0.4, 0.5) is 0 Å². The summed E-state index contributed by atoms with van der Waals surface area (Å²) in [4.78, 5) is 23.1. The molecule has 0 aliphatic heterocycles. The van der Waals surface area contributed by atoms with E-state index in [9.17, 15) is 9.59 Å². The maximum absolute atomic E-state index is 11.7. The molecule has 2 amide bonds. The van der Waals surface area contributed by atoms with Gasteiger partial charge in [-0.3, -0.25) is 9.59 Å². The molecule has 4 heteroatoms. The van der Waals surface area contributed by atoms with Gasteiger partial charge in [-0.1, -0.05) is 20.8 Å². The zero-order valence-corrected chi connectivity index (χ0v) is 12.1. The summed E-state index contributed by atoms with van der Waals surface area (Å²) in [6.45, 7) is 13.8. The molecule has 4 nitrogen and oxygen atoms in total. The minimum absolute atomic E-state index is 0.0287. The molecule has 0 aliphatic carbocycles. The Hall–Kier alpha value is -1.06. The van der Waals surface area contributed by atoms with Crippen LogP contribution in [0.3, 0.4) is 0 Å². The molecule has 17 heavy (non-hydrogen) atoms. The third kappa shape index (κ3) is 7.77. The van der Waals surface area contributed by atoms with Gasteiger partial charge in [-0.05, 0) is 39.5 Å². The predicted molar refractivity (Wildman–Crippen MR) is 69.6 cm³/mol. The fourth-order valence-electron chi connectivity index (χ4n) is 2.06. The molecule has 0 unspecified atom stereocenters. The molecule has 0 atom stereocenters. The maximum Gasteiger partial charge on any atom is 0.309 e. The van der Waals surface area contributed by atoms with Crippen LogP contribution in [0.2, 0.25) is 0 Å². The van der Waals surface area contributed by atoms with E-state index in [4.69, 9.17) is 0 Å². The topological polar surface area (TPSA) is 58.2 Å². The highest BCUT2D eigenvalue weighted by Crippen LogP contribution is 2.26. The smallest absolute Gasteiger partial charge is 0.309 e. The molecule has 0 aliphatic rings. The van der Waals surface area contributed by atoms with Crippen molar-refractivity contribution in [3.05, 3.63) is 0 Å². The molecule has 0 aromatic rings. The summed E-state index contributed by atoms with van der Waals surface area (Å²) in [5.41, 5.74) is -0.283. The lowest BCUT2D eigenvalue weighted by Crippen LogP contribution is -2.52. The van der Waals surface area contributed by atoms with Gasteiger partial charge in [-0.15, -0.1) is 0 Å². The molecule has 0 fully saturated rings. The molecule has 0 aromatic heterocycles. The van der Waals surface area contributed by atoms with E-state index in [1.54, 1.807) is 0 Å². The van der Waals surface area contributed by atoms with Gasteiger partial charge in [0.05, 0.1) is 0 Å². The Morgan fingerprint density at radius 1 is 1.00 bits per heavy atom. The second-order valence-electron chi connectivity index (χ2n) is 6.70. The lowest BCUT2D eigenvalue weighted by molar-refractivity contribution is -0.140. The summed E-state index contributed by atoms with van der Waals surface area (Å²) in [7, 11) is 0. The summed E-state index contributed by atoms with van der Waals surface area (Å²) in [5, 5.41) is 5.34. The average molecular weight is 242 g/mol. The largest absolute Gasteiger partial charge is 0.346 e. The van der Waals surface area contributed by atoms with E-state index in [-0.39, 0.29) is 17.0 Å². The van der Waals surface area contributed by atoms with Gasteiger partial charge in [0.25, 0.3) is 0 Å². The zero-order chi connectivity index (χ0) is 13.9. The normalized spacial score (nSPS) is 12.5. The van der Waals surface area contributed by atoms with Gasteiger partial charge >= 0.3 is 11.8 Å². The Morgan fingerprint density at radius 2 is 1.47 bits per heavy atom. The van der Waals surface area contributed by atoms with Crippen molar-refractivity contribution in [2.24, 2.45) is 5.41 Å². The highest BCUT2D eigenvalue weighted by Gasteiger charge is 2.29. The minimum Gasteiger partial charge on any atom is -0.346 e. The highest BCUT2D eigenvalue weighted by molar-refractivity contribution is 6.35. The van der Waals surface area contributed by atoms with Crippen LogP contribution in [0, 0.1) is 5.41 Å². The van der Waals surface area contributed by atoms with Crippen molar-refractivity contribution in [1.82, 2.24) is 10.6 Å². The maximum atomic E-state index is 11.7. The first-order valence-corrected chi connectivity index (χ1v) is 6.06. The molecule has 0 bridgehead atoms. The van der Waals surface area contributed by atoms with E-state index in [1.165, 1.54) is 0 Å². The Bertz CT molecular complexity index is 288. The van der Waals surface area contributed by atoms with Crippen molar-refractivity contribution < 1.29 is 9.59 Å². The number of carbonyl (C=O) groups excluding carboxylic acids is 2. The predicted octanol–water partition coefficient (Wildman–Crippen LogP) is 1.84. The highest BCUT2D eigenvalue weighted by atomic mass is 16.2. The SMILES string of the molecule is CC(C)NC(=O)C(=O)NC(C)(C)CC(C)(C)C. The van der Waals surface area contributed by atoms with Crippen LogP contribution in [-0.4, -0.2) is 23.4 Å². The van der Waals surface area contributed by atoms with Gasteiger partial charge in [-0.2, -0.15) is 0 Å².